The summed E-state index contributed by atoms with van der Waals surface area (Å²) in [4.78, 5) is 31.4. The molecule has 4 aromatic rings. The van der Waals surface area contributed by atoms with Gasteiger partial charge >= 0.3 is 0 Å². The number of nitrogens with one attached hydrogen (secondary N) is 2. The van der Waals surface area contributed by atoms with Crippen molar-refractivity contribution in [3.8, 4) is 5.69 Å². The summed E-state index contributed by atoms with van der Waals surface area (Å²) >= 11 is 0. The number of nitrogens with zero attached hydrogens (tertiary/aromatic N) is 2. The fraction of sp³-hybridized carbons (Fsp3) is 0.0952. The normalized spacial score (nSPS) is 10.9. The number of para-hydroxylation sites is 1. The van der Waals surface area contributed by atoms with E-state index in [4.69, 9.17) is 0 Å². The Kier molecular flexibility index (Phi) is 4.49. The summed E-state index contributed by atoms with van der Waals surface area (Å²) in [6, 6.07) is 13.5. The molecule has 0 atom stereocenters. The molecular weight excluding hydrogens is 359 g/mol. The van der Waals surface area contributed by atoms with Gasteiger partial charge in [0.1, 0.15) is 17.2 Å². The standard InChI is InChI=1S/C21H17FN4O2/c1-13-23-8-9-26(13)19-7-6-14(10-17(19)22)12-24-20(27)16-11-15-4-2-3-5-18(15)25-21(16)28/h2-11H,12H2,1H3,(H,24,27)(H,25,28). The topological polar surface area (TPSA) is 79.8 Å². The number of amides is 1. The molecule has 0 aliphatic carbocycles. The average molecular weight is 376 g/mol. The largest absolute Gasteiger partial charge is 0.348 e. The number of aromatic nitrogens is 3. The van der Waals surface area contributed by atoms with Crippen molar-refractivity contribution in [1.29, 1.82) is 0 Å². The second-order valence-corrected chi connectivity index (χ2v) is 6.41. The third kappa shape index (κ3) is 3.29. The summed E-state index contributed by atoms with van der Waals surface area (Å²) < 4.78 is 16.1. The Bertz CT molecular complexity index is 1240. The van der Waals surface area contributed by atoms with Crippen molar-refractivity contribution in [2.75, 3.05) is 0 Å². The molecular formula is C21H17FN4O2. The summed E-state index contributed by atoms with van der Waals surface area (Å²) in [6.07, 6.45) is 3.28. The number of benzene rings is 2. The number of pyridine rings is 1. The molecule has 0 saturated heterocycles. The van der Waals surface area contributed by atoms with Gasteiger partial charge in [0.15, 0.2) is 0 Å². The first kappa shape index (κ1) is 17.7. The van der Waals surface area contributed by atoms with E-state index in [1.807, 2.05) is 18.2 Å². The van der Waals surface area contributed by atoms with Gasteiger partial charge in [-0.15, -0.1) is 0 Å². The van der Waals surface area contributed by atoms with Crippen molar-refractivity contribution >= 4 is 16.8 Å². The Labute approximate surface area is 159 Å². The number of carbonyl (C=O) groups excluding carboxylic acids is 1. The van der Waals surface area contributed by atoms with Gasteiger partial charge in [-0.05, 0) is 42.1 Å². The highest BCUT2D eigenvalue weighted by atomic mass is 19.1. The van der Waals surface area contributed by atoms with Crippen LogP contribution in [0, 0.1) is 12.7 Å². The number of H-pyrrole nitrogens is 1. The maximum Gasteiger partial charge on any atom is 0.261 e. The van der Waals surface area contributed by atoms with Gasteiger partial charge in [0, 0.05) is 24.5 Å². The first-order valence-electron chi connectivity index (χ1n) is 8.72. The minimum atomic E-state index is -0.512. The van der Waals surface area contributed by atoms with Gasteiger partial charge in [-0.3, -0.25) is 9.59 Å². The van der Waals surface area contributed by atoms with E-state index in [9.17, 15) is 14.0 Å². The lowest BCUT2D eigenvalue weighted by atomic mass is 10.1. The maximum atomic E-state index is 14.5. The monoisotopic (exact) mass is 376 g/mol. The van der Waals surface area contributed by atoms with Gasteiger partial charge < -0.3 is 14.9 Å². The van der Waals surface area contributed by atoms with E-state index in [0.29, 0.717) is 22.6 Å². The van der Waals surface area contributed by atoms with Gasteiger partial charge in [-0.2, -0.15) is 0 Å². The highest BCUT2D eigenvalue weighted by Crippen LogP contribution is 2.17. The smallest absolute Gasteiger partial charge is 0.261 e. The zero-order chi connectivity index (χ0) is 19.7. The molecule has 4 rings (SSSR count). The van der Waals surface area contributed by atoms with Crippen molar-refractivity contribution in [2.45, 2.75) is 13.5 Å². The Balaban J connectivity index is 1.52. The molecule has 0 aliphatic heterocycles. The lowest BCUT2D eigenvalue weighted by Gasteiger charge is -2.10. The number of aromatic amines is 1. The Hall–Kier alpha value is -3.74. The Morgan fingerprint density at radius 1 is 1.21 bits per heavy atom. The number of halogens is 1. The summed E-state index contributed by atoms with van der Waals surface area (Å²) in [6.45, 7) is 1.89. The van der Waals surface area contributed by atoms with Gasteiger partial charge in [-0.25, -0.2) is 9.37 Å². The lowest BCUT2D eigenvalue weighted by molar-refractivity contribution is 0.0949. The highest BCUT2D eigenvalue weighted by Gasteiger charge is 2.13. The summed E-state index contributed by atoms with van der Waals surface area (Å²) in [5.41, 5.74) is 1.19. The highest BCUT2D eigenvalue weighted by molar-refractivity contribution is 5.97. The number of imidazole rings is 1. The number of hydrogen-bond donors (Lipinski definition) is 2. The molecule has 0 unspecified atom stereocenters. The molecule has 1 amide bonds. The van der Waals surface area contributed by atoms with Crippen LogP contribution in [0.25, 0.3) is 16.6 Å². The minimum absolute atomic E-state index is 0.0184. The molecule has 0 aliphatic rings. The van der Waals surface area contributed by atoms with Crippen LogP contribution < -0.4 is 10.9 Å². The molecule has 2 aromatic heterocycles. The van der Waals surface area contributed by atoms with E-state index >= 15 is 0 Å². The number of hydrogen-bond acceptors (Lipinski definition) is 3. The number of aryl methyl sites for hydroxylation is 1. The first-order chi connectivity index (χ1) is 13.5. The minimum Gasteiger partial charge on any atom is -0.348 e. The SMILES string of the molecule is Cc1nccn1-c1ccc(CNC(=O)c2cc3ccccc3[nH]c2=O)cc1F. The van der Waals surface area contributed by atoms with Crippen LogP contribution in [0.4, 0.5) is 4.39 Å². The number of carbonyl (C=O) groups is 1. The van der Waals surface area contributed by atoms with Gasteiger partial charge in [0.05, 0.1) is 5.69 Å². The third-order valence-electron chi connectivity index (χ3n) is 4.55. The van der Waals surface area contributed by atoms with Crippen molar-refractivity contribution in [1.82, 2.24) is 19.9 Å². The van der Waals surface area contributed by atoms with Crippen LogP contribution in [-0.4, -0.2) is 20.4 Å². The molecule has 7 heteroatoms. The van der Waals surface area contributed by atoms with Gasteiger partial charge in [0.25, 0.3) is 11.5 Å². The molecule has 0 fully saturated rings. The molecule has 140 valence electrons. The van der Waals surface area contributed by atoms with Gasteiger partial charge in [-0.1, -0.05) is 24.3 Å². The van der Waals surface area contributed by atoms with Crippen LogP contribution in [0.1, 0.15) is 21.7 Å². The van der Waals surface area contributed by atoms with E-state index in [1.54, 1.807) is 48.1 Å². The van der Waals surface area contributed by atoms with Crippen LogP contribution in [0.2, 0.25) is 0 Å². The first-order valence-corrected chi connectivity index (χ1v) is 8.72. The Morgan fingerprint density at radius 3 is 2.79 bits per heavy atom. The average Bonchev–Trinajstić information content (AvgIpc) is 3.11. The molecule has 0 bridgehead atoms. The fourth-order valence-corrected chi connectivity index (χ4v) is 3.08. The second kappa shape index (κ2) is 7.11. The summed E-state index contributed by atoms with van der Waals surface area (Å²) in [5, 5.41) is 3.43. The van der Waals surface area contributed by atoms with Crippen molar-refractivity contribution in [3.05, 3.63) is 94.0 Å². The predicted molar refractivity (Wildman–Crippen MR) is 104 cm³/mol. The van der Waals surface area contributed by atoms with Gasteiger partial charge in [0.2, 0.25) is 0 Å². The summed E-state index contributed by atoms with van der Waals surface area (Å²) in [5.74, 6) is -0.256. The van der Waals surface area contributed by atoms with E-state index in [0.717, 1.165) is 5.39 Å². The Morgan fingerprint density at radius 2 is 2.04 bits per heavy atom. The number of rotatable bonds is 4. The van der Waals surface area contributed by atoms with Crippen LogP contribution in [0.3, 0.4) is 0 Å². The predicted octanol–water partition coefficient (Wildman–Crippen LogP) is 3.09. The summed E-state index contributed by atoms with van der Waals surface area (Å²) in [7, 11) is 0. The molecule has 0 saturated carbocycles. The van der Waals surface area contributed by atoms with Crippen LogP contribution >= 0.6 is 0 Å². The number of fused-ring (bicyclic) bond motifs is 1. The van der Waals surface area contributed by atoms with Crippen molar-refractivity contribution in [2.24, 2.45) is 0 Å². The molecule has 0 radical (unpaired) electrons. The van der Waals surface area contributed by atoms with Crippen molar-refractivity contribution in [3.63, 3.8) is 0 Å². The van der Waals surface area contributed by atoms with E-state index in [1.165, 1.54) is 6.07 Å². The molecule has 2 aromatic carbocycles. The zero-order valence-corrected chi connectivity index (χ0v) is 15.1. The zero-order valence-electron chi connectivity index (χ0n) is 15.1. The van der Waals surface area contributed by atoms with E-state index in [2.05, 4.69) is 15.3 Å². The molecule has 28 heavy (non-hydrogen) atoms. The van der Waals surface area contributed by atoms with Crippen LogP contribution in [0.15, 0.2) is 65.7 Å². The van der Waals surface area contributed by atoms with E-state index in [-0.39, 0.29) is 12.1 Å². The molecule has 2 N–H and O–H groups in total. The molecule has 2 heterocycles. The third-order valence-corrected chi connectivity index (χ3v) is 4.55. The van der Waals surface area contributed by atoms with E-state index < -0.39 is 17.3 Å². The lowest BCUT2D eigenvalue weighted by Crippen LogP contribution is -2.29. The second-order valence-electron chi connectivity index (χ2n) is 6.41. The van der Waals surface area contributed by atoms with Crippen LogP contribution in [0.5, 0.6) is 0 Å². The fourth-order valence-electron chi connectivity index (χ4n) is 3.08. The molecule has 6 nitrogen and oxygen atoms in total. The van der Waals surface area contributed by atoms with Crippen LogP contribution in [-0.2, 0) is 6.54 Å². The van der Waals surface area contributed by atoms with Crippen molar-refractivity contribution < 1.29 is 9.18 Å². The molecule has 0 spiro atoms. The quantitative estimate of drug-likeness (QED) is 0.574. The maximum absolute atomic E-state index is 14.5.